The molecule has 0 bridgehead atoms. The molecule has 8 heteroatoms. The normalized spacial score (nSPS) is 20.9. The monoisotopic (exact) mass is 440 g/mol. The molecule has 1 saturated heterocycles. The Morgan fingerprint density at radius 1 is 0.970 bits per heavy atom. The Morgan fingerprint density at radius 2 is 1.73 bits per heavy atom. The molecule has 1 aromatic heterocycles. The lowest BCUT2D eigenvalue weighted by Gasteiger charge is -2.41. The number of guanidine groups is 1. The maximum Gasteiger partial charge on any atom is 0.259 e. The summed E-state index contributed by atoms with van der Waals surface area (Å²) in [5, 5.41) is 6.84. The summed E-state index contributed by atoms with van der Waals surface area (Å²) in [6, 6.07) is 15.2. The maximum atomic E-state index is 13.3. The third kappa shape index (κ3) is 3.06. The second kappa shape index (κ2) is 7.60. The first-order valence-corrected chi connectivity index (χ1v) is 11.2. The van der Waals surface area contributed by atoms with Gasteiger partial charge in [-0.25, -0.2) is 4.99 Å². The van der Waals surface area contributed by atoms with Crippen molar-refractivity contribution in [1.82, 2.24) is 25.4 Å². The van der Waals surface area contributed by atoms with Crippen LogP contribution in [-0.4, -0.2) is 65.8 Å². The van der Waals surface area contributed by atoms with Crippen molar-refractivity contribution >= 4 is 39.9 Å². The van der Waals surface area contributed by atoms with E-state index in [2.05, 4.69) is 20.5 Å². The number of H-pyrrole nitrogens is 1. The molecule has 1 unspecified atom stereocenters. The average Bonchev–Trinajstić information content (AvgIpc) is 3.39. The van der Waals surface area contributed by atoms with Crippen molar-refractivity contribution in [3.63, 3.8) is 0 Å². The van der Waals surface area contributed by atoms with Crippen LogP contribution in [0.1, 0.15) is 17.2 Å². The number of nitrogens with zero attached hydrogens (tertiary/aromatic N) is 3. The topological polar surface area (TPSA) is 92.8 Å². The summed E-state index contributed by atoms with van der Waals surface area (Å²) in [4.78, 5) is 38.8. The van der Waals surface area contributed by atoms with Crippen LogP contribution in [0.2, 0.25) is 0 Å². The van der Waals surface area contributed by atoms with Gasteiger partial charge < -0.3 is 20.1 Å². The molecule has 3 aliphatic rings. The fraction of sp³-hybridized carbons (Fsp3) is 0.240. The third-order valence-electron chi connectivity index (χ3n) is 6.65. The van der Waals surface area contributed by atoms with Crippen LogP contribution < -0.4 is 10.6 Å². The third-order valence-corrected chi connectivity index (χ3v) is 6.65. The molecule has 33 heavy (non-hydrogen) atoms. The summed E-state index contributed by atoms with van der Waals surface area (Å²) in [5.41, 5.74) is 4.28. The molecule has 2 amide bonds. The van der Waals surface area contributed by atoms with Crippen molar-refractivity contribution in [3.8, 4) is 0 Å². The lowest BCUT2D eigenvalue weighted by Crippen LogP contribution is -2.53. The van der Waals surface area contributed by atoms with Gasteiger partial charge in [0.15, 0.2) is 0 Å². The van der Waals surface area contributed by atoms with Crippen LogP contribution >= 0.6 is 0 Å². The number of benzene rings is 2. The van der Waals surface area contributed by atoms with Crippen LogP contribution in [0.4, 0.5) is 5.69 Å². The predicted molar refractivity (Wildman–Crippen MR) is 127 cm³/mol. The van der Waals surface area contributed by atoms with Crippen molar-refractivity contribution in [3.05, 3.63) is 71.4 Å². The standard InChI is InChI=1S/C25H24N6O2/c1-30-22(16-7-3-5-9-19(16)28-25(30)31-12-10-26-11-13-31)21-20(23(32)29-24(21)33)17-14-27-18-8-4-2-6-15(17)18/h2-9,14,22,26-27H,10-13H2,1H3,(H,29,32,33). The van der Waals surface area contributed by atoms with Crippen molar-refractivity contribution in [2.45, 2.75) is 6.04 Å². The second-order valence-electron chi connectivity index (χ2n) is 8.54. The smallest absolute Gasteiger partial charge is 0.259 e. The maximum absolute atomic E-state index is 13.3. The molecule has 1 atom stereocenters. The van der Waals surface area contributed by atoms with Gasteiger partial charge in [-0.2, -0.15) is 0 Å². The van der Waals surface area contributed by atoms with E-state index >= 15 is 0 Å². The highest BCUT2D eigenvalue weighted by atomic mass is 16.2. The number of aromatic amines is 1. The van der Waals surface area contributed by atoms with E-state index in [0.29, 0.717) is 11.1 Å². The number of nitrogens with one attached hydrogen (secondary N) is 3. The molecular weight excluding hydrogens is 416 g/mol. The average molecular weight is 441 g/mol. The van der Waals surface area contributed by atoms with Gasteiger partial charge in [-0.3, -0.25) is 14.9 Å². The minimum absolute atomic E-state index is 0.353. The number of rotatable bonds is 2. The SMILES string of the molecule is CN1C(N2CCNCC2)=Nc2ccccc2C1C1=C(c2c[nH]c3ccccc23)C(=O)NC1=O. The van der Waals surface area contributed by atoms with Crippen LogP contribution in [0.5, 0.6) is 0 Å². The van der Waals surface area contributed by atoms with E-state index in [1.54, 1.807) is 0 Å². The summed E-state index contributed by atoms with van der Waals surface area (Å²) < 4.78 is 0. The van der Waals surface area contributed by atoms with E-state index in [4.69, 9.17) is 4.99 Å². The number of hydrogen-bond donors (Lipinski definition) is 3. The summed E-state index contributed by atoms with van der Waals surface area (Å²) in [6.07, 6.45) is 1.82. The Labute approximate surface area is 191 Å². The summed E-state index contributed by atoms with van der Waals surface area (Å²) in [7, 11) is 1.96. The van der Waals surface area contributed by atoms with E-state index in [1.165, 1.54) is 0 Å². The Morgan fingerprint density at radius 3 is 2.58 bits per heavy atom. The molecule has 4 heterocycles. The van der Waals surface area contributed by atoms with Crippen LogP contribution in [-0.2, 0) is 9.59 Å². The largest absolute Gasteiger partial charge is 0.361 e. The molecule has 1 fully saturated rings. The van der Waals surface area contributed by atoms with E-state index in [9.17, 15) is 9.59 Å². The summed E-state index contributed by atoms with van der Waals surface area (Å²) in [5.74, 6) is 0.100. The number of hydrogen-bond acceptors (Lipinski definition) is 6. The number of aromatic nitrogens is 1. The molecule has 8 nitrogen and oxygen atoms in total. The molecule has 166 valence electrons. The van der Waals surface area contributed by atoms with Crippen LogP contribution in [0, 0.1) is 0 Å². The summed E-state index contributed by atoms with van der Waals surface area (Å²) >= 11 is 0. The number of piperazine rings is 1. The van der Waals surface area contributed by atoms with Crippen LogP contribution in [0.3, 0.4) is 0 Å². The zero-order valence-electron chi connectivity index (χ0n) is 18.3. The van der Waals surface area contributed by atoms with Gasteiger partial charge in [-0.15, -0.1) is 0 Å². The molecule has 6 rings (SSSR count). The number of amides is 2. The minimum atomic E-state index is -0.432. The van der Waals surface area contributed by atoms with Crippen molar-refractivity contribution in [1.29, 1.82) is 0 Å². The second-order valence-corrected chi connectivity index (χ2v) is 8.54. The molecule has 3 N–H and O–H groups in total. The first-order valence-electron chi connectivity index (χ1n) is 11.2. The Hall–Kier alpha value is -3.91. The molecule has 3 aromatic rings. The number of likely N-dealkylation sites (N-methyl/N-ethyl adjacent to an activating group) is 1. The lowest BCUT2D eigenvalue weighted by molar-refractivity contribution is -0.123. The molecule has 0 spiro atoms. The van der Waals surface area contributed by atoms with Crippen molar-refractivity contribution in [2.75, 3.05) is 33.2 Å². The van der Waals surface area contributed by atoms with Crippen LogP contribution in [0.25, 0.3) is 16.5 Å². The number of para-hydroxylation sites is 2. The van der Waals surface area contributed by atoms with Gasteiger partial charge in [0.25, 0.3) is 11.8 Å². The van der Waals surface area contributed by atoms with Gasteiger partial charge in [0, 0.05) is 61.5 Å². The number of carbonyl (C=O) groups is 2. The van der Waals surface area contributed by atoms with Crippen molar-refractivity contribution < 1.29 is 9.59 Å². The van der Waals surface area contributed by atoms with Crippen molar-refractivity contribution in [2.24, 2.45) is 4.99 Å². The first-order chi connectivity index (χ1) is 16.1. The molecule has 2 aromatic carbocycles. The van der Waals surface area contributed by atoms with Gasteiger partial charge in [0.1, 0.15) is 0 Å². The molecule has 0 saturated carbocycles. The van der Waals surface area contributed by atoms with E-state index in [1.807, 2.05) is 66.7 Å². The molecule has 3 aliphatic heterocycles. The summed E-state index contributed by atoms with van der Waals surface area (Å²) in [6.45, 7) is 3.41. The molecule has 0 aliphatic carbocycles. The van der Waals surface area contributed by atoms with Gasteiger partial charge >= 0.3 is 0 Å². The van der Waals surface area contributed by atoms with E-state index in [0.717, 1.165) is 59.9 Å². The highest BCUT2D eigenvalue weighted by molar-refractivity contribution is 6.38. The lowest BCUT2D eigenvalue weighted by atomic mass is 9.89. The minimum Gasteiger partial charge on any atom is -0.361 e. The molecule has 0 radical (unpaired) electrons. The Balaban J connectivity index is 1.56. The quantitative estimate of drug-likeness (QED) is 0.531. The Kier molecular flexibility index (Phi) is 4.55. The highest BCUT2D eigenvalue weighted by Crippen LogP contribution is 2.44. The zero-order chi connectivity index (χ0) is 22.5. The van der Waals surface area contributed by atoms with Gasteiger partial charge in [-0.05, 0) is 12.1 Å². The predicted octanol–water partition coefficient (Wildman–Crippen LogP) is 2.16. The Bertz CT molecular complexity index is 1350. The number of imide groups is 1. The van der Waals surface area contributed by atoms with E-state index in [-0.39, 0.29) is 11.8 Å². The fourth-order valence-corrected chi connectivity index (χ4v) is 5.11. The highest BCUT2D eigenvalue weighted by Gasteiger charge is 2.42. The van der Waals surface area contributed by atoms with Gasteiger partial charge in [-0.1, -0.05) is 36.4 Å². The van der Waals surface area contributed by atoms with E-state index < -0.39 is 6.04 Å². The van der Waals surface area contributed by atoms with Crippen LogP contribution in [0.15, 0.2) is 65.3 Å². The zero-order valence-corrected chi connectivity index (χ0v) is 18.3. The number of aliphatic imine (C=N–C) groups is 1. The molecular formula is C25H24N6O2. The number of fused-ring (bicyclic) bond motifs is 2. The number of carbonyl (C=O) groups excluding carboxylic acids is 2. The van der Waals surface area contributed by atoms with Gasteiger partial charge in [0.2, 0.25) is 5.96 Å². The van der Waals surface area contributed by atoms with Gasteiger partial charge in [0.05, 0.1) is 22.9 Å². The fourth-order valence-electron chi connectivity index (χ4n) is 5.11. The first kappa shape index (κ1) is 19.8.